The van der Waals surface area contributed by atoms with Gasteiger partial charge < -0.3 is 10.8 Å². The summed E-state index contributed by atoms with van der Waals surface area (Å²) in [5.74, 6) is -0.756. The minimum absolute atomic E-state index is 0.147. The van der Waals surface area contributed by atoms with Gasteiger partial charge in [0.25, 0.3) is 6.43 Å². The molecule has 2 nitrogen and oxygen atoms in total. The fourth-order valence-corrected chi connectivity index (χ4v) is 1.27. The van der Waals surface area contributed by atoms with Crippen molar-refractivity contribution in [2.24, 2.45) is 5.73 Å². The van der Waals surface area contributed by atoms with Crippen molar-refractivity contribution in [2.75, 3.05) is 6.61 Å². The Morgan fingerprint density at radius 1 is 1.33 bits per heavy atom. The quantitative estimate of drug-likeness (QED) is 0.815. The first kappa shape index (κ1) is 12.0. The molecule has 0 aromatic heterocycles. The zero-order valence-corrected chi connectivity index (χ0v) is 7.96. The molecule has 1 aromatic carbocycles. The third-order valence-electron chi connectivity index (χ3n) is 2.12. The summed E-state index contributed by atoms with van der Waals surface area (Å²) in [6, 6.07) is 2.48. The SMILES string of the molecule is NC(CCO)c1ccc(C(F)F)cc1F. The molecule has 0 amide bonds. The maximum absolute atomic E-state index is 13.3. The van der Waals surface area contributed by atoms with E-state index in [1.165, 1.54) is 6.07 Å². The topological polar surface area (TPSA) is 46.2 Å². The van der Waals surface area contributed by atoms with Crippen LogP contribution in [0.2, 0.25) is 0 Å². The van der Waals surface area contributed by atoms with E-state index in [1.807, 2.05) is 0 Å². The minimum Gasteiger partial charge on any atom is -0.396 e. The van der Waals surface area contributed by atoms with Crippen LogP contribution in [0.3, 0.4) is 0 Å². The minimum atomic E-state index is -2.69. The molecule has 0 aliphatic heterocycles. The van der Waals surface area contributed by atoms with Crippen LogP contribution in [-0.4, -0.2) is 11.7 Å². The van der Waals surface area contributed by atoms with Crippen molar-refractivity contribution >= 4 is 0 Å². The van der Waals surface area contributed by atoms with Crippen LogP contribution >= 0.6 is 0 Å². The van der Waals surface area contributed by atoms with Crippen molar-refractivity contribution in [1.82, 2.24) is 0 Å². The van der Waals surface area contributed by atoms with E-state index in [9.17, 15) is 13.2 Å². The van der Waals surface area contributed by atoms with Crippen LogP contribution < -0.4 is 5.73 Å². The van der Waals surface area contributed by atoms with Gasteiger partial charge in [-0.1, -0.05) is 12.1 Å². The van der Waals surface area contributed by atoms with Gasteiger partial charge in [0.05, 0.1) is 0 Å². The van der Waals surface area contributed by atoms with Gasteiger partial charge in [0.1, 0.15) is 5.82 Å². The first-order chi connectivity index (χ1) is 7.06. The van der Waals surface area contributed by atoms with Gasteiger partial charge >= 0.3 is 0 Å². The van der Waals surface area contributed by atoms with Crippen LogP contribution in [0.1, 0.15) is 30.0 Å². The number of nitrogens with two attached hydrogens (primary N) is 1. The molecule has 3 N–H and O–H groups in total. The summed E-state index contributed by atoms with van der Waals surface area (Å²) in [5.41, 5.74) is 5.32. The largest absolute Gasteiger partial charge is 0.396 e. The Bertz CT molecular complexity index is 330. The van der Waals surface area contributed by atoms with Crippen LogP contribution in [-0.2, 0) is 0 Å². The molecule has 5 heteroatoms. The molecule has 0 saturated heterocycles. The third-order valence-corrected chi connectivity index (χ3v) is 2.12. The number of aliphatic hydroxyl groups excluding tert-OH is 1. The van der Waals surface area contributed by atoms with Crippen molar-refractivity contribution in [2.45, 2.75) is 18.9 Å². The second kappa shape index (κ2) is 5.14. The van der Waals surface area contributed by atoms with Gasteiger partial charge in [0.2, 0.25) is 0 Å². The molecule has 84 valence electrons. The fourth-order valence-electron chi connectivity index (χ4n) is 1.27. The molecule has 15 heavy (non-hydrogen) atoms. The number of aliphatic hydroxyl groups is 1. The van der Waals surface area contributed by atoms with Crippen LogP contribution in [0.25, 0.3) is 0 Å². The highest BCUT2D eigenvalue weighted by Crippen LogP contribution is 2.24. The molecule has 1 rings (SSSR count). The highest BCUT2D eigenvalue weighted by Gasteiger charge is 2.14. The summed E-state index contributed by atoms with van der Waals surface area (Å²) < 4.78 is 37.7. The van der Waals surface area contributed by atoms with Gasteiger partial charge in [0, 0.05) is 23.8 Å². The zero-order valence-electron chi connectivity index (χ0n) is 7.96. The predicted octanol–water partition coefficient (Wildman–Crippen LogP) is 2.15. The zero-order chi connectivity index (χ0) is 11.4. The van der Waals surface area contributed by atoms with Crippen molar-refractivity contribution in [3.05, 3.63) is 35.1 Å². The van der Waals surface area contributed by atoms with E-state index in [2.05, 4.69) is 0 Å². The first-order valence-electron chi connectivity index (χ1n) is 4.50. The summed E-state index contributed by atoms with van der Waals surface area (Å²) in [4.78, 5) is 0. The second-order valence-electron chi connectivity index (χ2n) is 3.20. The monoisotopic (exact) mass is 219 g/mol. The van der Waals surface area contributed by atoms with Crippen LogP contribution in [0, 0.1) is 5.82 Å². The van der Waals surface area contributed by atoms with Crippen LogP contribution in [0.5, 0.6) is 0 Å². The Morgan fingerprint density at radius 2 is 2.00 bits per heavy atom. The molecule has 0 aliphatic rings. The molecule has 0 heterocycles. The van der Waals surface area contributed by atoms with Gasteiger partial charge in [-0.15, -0.1) is 0 Å². The Balaban J connectivity index is 2.92. The van der Waals surface area contributed by atoms with Crippen LogP contribution in [0.4, 0.5) is 13.2 Å². The van der Waals surface area contributed by atoms with E-state index in [-0.39, 0.29) is 24.2 Å². The van der Waals surface area contributed by atoms with Crippen molar-refractivity contribution in [3.63, 3.8) is 0 Å². The van der Waals surface area contributed by atoms with E-state index in [4.69, 9.17) is 10.8 Å². The lowest BCUT2D eigenvalue weighted by molar-refractivity contribution is 0.151. The summed E-state index contributed by atoms with van der Waals surface area (Å²) in [6.45, 7) is -0.169. The molecular formula is C10H12F3NO. The molecule has 0 bridgehead atoms. The number of hydrogen-bond acceptors (Lipinski definition) is 2. The Kier molecular flexibility index (Phi) is 4.11. The first-order valence-corrected chi connectivity index (χ1v) is 4.50. The molecule has 0 aliphatic carbocycles. The Morgan fingerprint density at radius 3 is 2.47 bits per heavy atom. The average molecular weight is 219 g/mol. The number of rotatable bonds is 4. The number of halogens is 3. The van der Waals surface area contributed by atoms with Gasteiger partial charge in [0.15, 0.2) is 0 Å². The fraction of sp³-hybridized carbons (Fsp3) is 0.400. The third kappa shape index (κ3) is 2.94. The van der Waals surface area contributed by atoms with Gasteiger partial charge in [-0.3, -0.25) is 0 Å². The van der Waals surface area contributed by atoms with E-state index in [0.29, 0.717) is 0 Å². The predicted molar refractivity (Wildman–Crippen MR) is 50.0 cm³/mol. The Labute approximate surface area is 85.5 Å². The normalized spacial score (nSPS) is 13.2. The molecular weight excluding hydrogens is 207 g/mol. The van der Waals surface area contributed by atoms with Gasteiger partial charge in [-0.05, 0) is 12.5 Å². The maximum Gasteiger partial charge on any atom is 0.263 e. The second-order valence-corrected chi connectivity index (χ2v) is 3.20. The average Bonchev–Trinajstić information content (AvgIpc) is 2.17. The van der Waals surface area contributed by atoms with Crippen LogP contribution in [0.15, 0.2) is 18.2 Å². The smallest absolute Gasteiger partial charge is 0.263 e. The van der Waals surface area contributed by atoms with Crippen molar-refractivity contribution < 1.29 is 18.3 Å². The summed E-state index contributed by atoms with van der Waals surface area (Å²) in [7, 11) is 0. The van der Waals surface area contributed by atoms with E-state index >= 15 is 0 Å². The molecule has 0 fully saturated rings. The maximum atomic E-state index is 13.3. The van der Waals surface area contributed by atoms with Crippen molar-refractivity contribution in [3.8, 4) is 0 Å². The summed E-state index contributed by atoms with van der Waals surface area (Å²) >= 11 is 0. The molecule has 1 atom stereocenters. The highest BCUT2D eigenvalue weighted by atomic mass is 19.3. The Hall–Kier alpha value is -1.07. The number of hydrogen-bond donors (Lipinski definition) is 2. The molecule has 0 spiro atoms. The molecule has 0 radical (unpaired) electrons. The summed E-state index contributed by atoms with van der Waals surface area (Å²) in [6.07, 6.45) is -2.49. The lowest BCUT2D eigenvalue weighted by Gasteiger charge is -2.12. The van der Waals surface area contributed by atoms with Gasteiger partial charge in [-0.25, -0.2) is 13.2 Å². The van der Waals surface area contributed by atoms with Crippen molar-refractivity contribution in [1.29, 1.82) is 0 Å². The van der Waals surface area contributed by atoms with E-state index < -0.39 is 18.3 Å². The lowest BCUT2D eigenvalue weighted by Crippen LogP contribution is -2.13. The van der Waals surface area contributed by atoms with E-state index in [1.54, 1.807) is 0 Å². The lowest BCUT2D eigenvalue weighted by atomic mass is 10.0. The van der Waals surface area contributed by atoms with E-state index in [0.717, 1.165) is 12.1 Å². The summed E-state index contributed by atoms with van der Waals surface area (Å²) in [5, 5.41) is 8.61. The molecule has 1 aromatic rings. The number of alkyl halides is 2. The molecule has 0 saturated carbocycles. The van der Waals surface area contributed by atoms with Gasteiger partial charge in [-0.2, -0.15) is 0 Å². The standard InChI is InChI=1S/C10H12F3NO/c11-8-5-6(10(12)13)1-2-7(8)9(14)3-4-15/h1-2,5,9-10,15H,3-4,14H2. The highest BCUT2D eigenvalue weighted by molar-refractivity contribution is 5.27. The number of benzene rings is 1. The molecule has 1 unspecified atom stereocenters.